The zero-order valence-corrected chi connectivity index (χ0v) is 30.8. The van der Waals surface area contributed by atoms with Crippen LogP contribution in [0.5, 0.6) is 0 Å². The van der Waals surface area contributed by atoms with Gasteiger partial charge in [-0.05, 0) is 70.4 Å². The van der Waals surface area contributed by atoms with E-state index in [2.05, 4.69) is 20.1 Å². The van der Waals surface area contributed by atoms with Crippen LogP contribution in [0, 0.1) is 5.92 Å². The molecule has 284 valence electrons. The highest BCUT2D eigenvalue weighted by atomic mass is 32.2. The first-order chi connectivity index (χ1) is 24.6. The third-order valence-electron chi connectivity index (χ3n) is 10.4. The highest BCUT2D eigenvalue weighted by Gasteiger charge is 2.62. The lowest BCUT2D eigenvalue weighted by molar-refractivity contribution is -0.141. The molecule has 0 bridgehead atoms. The number of allylic oxidation sites excluding steroid dienone is 1. The summed E-state index contributed by atoms with van der Waals surface area (Å²) in [4.78, 5) is 71.4. The summed E-state index contributed by atoms with van der Waals surface area (Å²) >= 11 is 0. The van der Waals surface area contributed by atoms with Gasteiger partial charge in [-0.25, -0.2) is 14.3 Å². The van der Waals surface area contributed by atoms with Crippen molar-refractivity contribution in [1.29, 1.82) is 0 Å². The average Bonchev–Trinajstić information content (AvgIpc) is 3.35. The zero-order valence-electron chi connectivity index (χ0n) is 30.0. The van der Waals surface area contributed by atoms with Gasteiger partial charge in [0.05, 0.1) is 6.54 Å². The Morgan fingerprint density at radius 1 is 0.981 bits per heavy atom. The molecule has 5 aliphatic rings. The van der Waals surface area contributed by atoms with E-state index >= 15 is 0 Å². The van der Waals surface area contributed by atoms with Gasteiger partial charge >= 0.3 is 22.4 Å². The molecule has 2 aliphatic carbocycles. The number of ether oxygens (including phenoxy) is 2. The molecular formula is C36H50N6O9S. The number of fused-ring (bicyclic) bond motifs is 3. The van der Waals surface area contributed by atoms with Gasteiger partial charge < -0.3 is 25.0 Å². The molecule has 0 aromatic heterocycles. The van der Waals surface area contributed by atoms with Gasteiger partial charge in [0.2, 0.25) is 11.8 Å². The Morgan fingerprint density at radius 3 is 2.35 bits per heavy atom. The Morgan fingerprint density at radius 2 is 1.69 bits per heavy atom. The number of carbonyl (C=O) groups excluding carboxylic acids is 5. The van der Waals surface area contributed by atoms with Crippen LogP contribution in [-0.2, 0) is 47.2 Å². The number of amides is 5. The van der Waals surface area contributed by atoms with Crippen LogP contribution in [0.25, 0.3) is 0 Å². The van der Waals surface area contributed by atoms with E-state index in [1.165, 1.54) is 4.90 Å². The monoisotopic (exact) mass is 742 g/mol. The Labute approximate surface area is 304 Å². The minimum atomic E-state index is -4.20. The van der Waals surface area contributed by atoms with Crippen molar-refractivity contribution in [2.45, 2.75) is 133 Å². The van der Waals surface area contributed by atoms with Gasteiger partial charge in [0.15, 0.2) is 0 Å². The number of alkyl carbamates (subject to hydrolysis) is 1. The van der Waals surface area contributed by atoms with Crippen LogP contribution in [0.3, 0.4) is 0 Å². The second kappa shape index (κ2) is 15.0. The smallest absolute Gasteiger partial charge is 0.410 e. The number of nitrogens with zero attached hydrogens (tertiary/aromatic N) is 2. The summed E-state index contributed by atoms with van der Waals surface area (Å²) in [7, 11) is -4.20. The molecule has 2 saturated carbocycles. The summed E-state index contributed by atoms with van der Waals surface area (Å²) in [6.45, 7) is 5.73. The van der Waals surface area contributed by atoms with Gasteiger partial charge in [-0.15, -0.1) is 0 Å². The highest BCUT2D eigenvalue weighted by molar-refractivity contribution is 7.88. The van der Waals surface area contributed by atoms with E-state index in [0.29, 0.717) is 38.8 Å². The first kappa shape index (κ1) is 37.6. The average molecular weight is 743 g/mol. The van der Waals surface area contributed by atoms with Gasteiger partial charge in [0.1, 0.15) is 29.3 Å². The summed E-state index contributed by atoms with van der Waals surface area (Å²) in [5.41, 5.74) is -0.377. The van der Waals surface area contributed by atoms with Crippen LogP contribution >= 0.6 is 0 Å². The zero-order chi connectivity index (χ0) is 37.3. The fourth-order valence-electron chi connectivity index (χ4n) is 7.28. The number of rotatable bonds is 6. The summed E-state index contributed by atoms with van der Waals surface area (Å²) < 4.78 is 41.7. The second-order valence-electron chi connectivity index (χ2n) is 15.6. The molecule has 1 aromatic rings. The molecule has 4 N–H and O–H groups in total. The fourth-order valence-corrected chi connectivity index (χ4v) is 8.44. The second-order valence-corrected chi connectivity index (χ2v) is 17.0. The summed E-state index contributed by atoms with van der Waals surface area (Å²) in [5, 5.41) is 5.51. The van der Waals surface area contributed by atoms with Gasteiger partial charge in [-0.1, -0.05) is 55.7 Å². The lowest BCUT2D eigenvalue weighted by Crippen LogP contribution is -2.59. The van der Waals surface area contributed by atoms with Crippen LogP contribution in [-0.4, -0.2) is 90.0 Å². The van der Waals surface area contributed by atoms with Gasteiger partial charge in [-0.3, -0.25) is 19.3 Å². The SMILES string of the molecule is CC(C)(C)OC(=O)NC1CCCCCC=CC2CC2(C(=O)NS(=O)(=O)NC2CCC2)NC(=O)C2CC(OC(=O)N3Cc4ccccc4C3)CN2C1=O. The molecule has 5 unspecified atom stereocenters. The van der Waals surface area contributed by atoms with E-state index in [0.717, 1.165) is 30.4 Å². The Kier molecular flexibility index (Phi) is 10.9. The quantitative estimate of drug-likeness (QED) is 0.318. The minimum absolute atomic E-state index is 0.0665. The van der Waals surface area contributed by atoms with Crippen molar-refractivity contribution in [1.82, 2.24) is 29.9 Å². The lowest BCUT2D eigenvalue weighted by atomic mass is 9.94. The summed E-state index contributed by atoms with van der Waals surface area (Å²) in [5.74, 6) is -2.59. The molecule has 0 radical (unpaired) electrons. The van der Waals surface area contributed by atoms with Gasteiger partial charge in [-0.2, -0.15) is 13.1 Å². The van der Waals surface area contributed by atoms with Crippen molar-refractivity contribution in [3.63, 3.8) is 0 Å². The third kappa shape index (κ3) is 8.88. The fraction of sp³-hybridized carbons (Fsp3) is 0.639. The standard InChI is InChI=1S/C36H50N6O9S/c1-35(2,3)51-33(46)37-28-17-8-6-4-5-7-14-25-19-36(25,32(45)40-52(48,49)39-26-15-11-16-26)38-30(43)29-18-27(22-42(29)31(28)44)50-34(47)41-20-23-12-9-10-13-24(23)21-41/h7,9-10,12-14,25-29,39H,4-6,8,11,15-22H2,1-3H3,(H,37,46)(H,38,43)(H,40,45). The van der Waals surface area contributed by atoms with E-state index in [1.807, 2.05) is 36.4 Å². The maximum atomic E-state index is 14.3. The molecule has 15 nitrogen and oxygen atoms in total. The minimum Gasteiger partial charge on any atom is -0.444 e. The van der Waals surface area contributed by atoms with Crippen molar-refractivity contribution in [3.8, 4) is 0 Å². The first-order valence-electron chi connectivity index (χ1n) is 18.3. The topological polar surface area (TPSA) is 193 Å². The number of carbonyl (C=O) groups is 5. The van der Waals surface area contributed by atoms with Crippen molar-refractivity contribution in [2.24, 2.45) is 5.92 Å². The molecular weight excluding hydrogens is 692 g/mol. The van der Waals surface area contributed by atoms with Crippen molar-refractivity contribution in [3.05, 3.63) is 47.5 Å². The molecule has 1 saturated heterocycles. The molecule has 1 aromatic carbocycles. The van der Waals surface area contributed by atoms with E-state index in [1.54, 1.807) is 25.7 Å². The first-order valence-corrected chi connectivity index (χ1v) is 19.8. The molecule has 3 fully saturated rings. The van der Waals surface area contributed by atoms with Crippen LogP contribution in [0.4, 0.5) is 9.59 Å². The van der Waals surface area contributed by atoms with E-state index in [9.17, 15) is 32.4 Å². The van der Waals surface area contributed by atoms with Crippen LogP contribution in [0.2, 0.25) is 0 Å². The number of hydrogen-bond donors (Lipinski definition) is 4. The highest BCUT2D eigenvalue weighted by Crippen LogP contribution is 2.46. The Bertz CT molecular complexity index is 1680. The van der Waals surface area contributed by atoms with Gasteiger partial charge in [0, 0.05) is 31.5 Å². The largest absolute Gasteiger partial charge is 0.444 e. The van der Waals surface area contributed by atoms with Crippen molar-refractivity contribution < 1.29 is 41.9 Å². The third-order valence-corrected chi connectivity index (χ3v) is 11.5. The van der Waals surface area contributed by atoms with Gasteiger partial charge in [0.25, 0.3) is 5.91 Å². The molecule has 52 heavy (non-hydrogen) atoms. The summed E-state index contributed by atoms with van der Waals surface area (Å²) in [6, 6.07) is 5.20. The number of benzene rings is 1. The van der Waals surface area contributed by atoms with Crippen LogP contribution in [0.15, 0.2) is 36.4 Å². The molecule has 0 spiro atoms. The van der Waals surface area contributed by atoms with E-state index in [-0.39, 0.29) is 31.8 Å². The van der Waals surface area contributed by atoms with Crippen molar-refractivity contribution in [2.75, 3.05) is 6.54 Å². The summed E-state index contributed by atoms with van der Waals surface area (Å²) in [6.07, 6.45) is 6.90. The van der Waals surface area contributed by atoms with Crippen molar-refractivity contribution >= 4 is 40.1 Å². The van der Waals surface area contributed by atoms with Crippen LogP contribution < -0.4 is 20.1 Å². The molecule has 5 amide bonds. The number of hydrogen-bond acceptors (Lipinski definition) is 9. The Hall–Kier alpha value is -4.18. The van der Waals surface area contributed by atoms with E-state index in [4.69, 9.17) is 9.47 Å². The molecule has 3 aliphatic heterocycles. The van der Waals surface area contributed by atoms with Crippen LogP contribution in [0.1, 0.15) is 96.1 Å². The number of nitrogens with one attached hydrogen (secondary N) is 4. The predicted octanol–water partition coefficient (Wildman–Crippen LogP) is 2.90. The molecule has 6 rings (SSSR count). The maximum absolute atomic E-state index is 14.3. The van der Waals surface area contributed by atoms with E-state index < -0.39 is 75.4 Å². The molecule has 5 atom stereocenters. The normalized spacial score (nSPS) is 28.2. The lowest BCUT2D eigenvalue weighted by Gasteiger charge is -2.30. The maximum Gasteiger partial charge on any atom is 0.410 e. The molecule has 3 heterocycles. The Balaban J connectivity index is 1.24. The molecule has 16 heteroatoms. The predicted molar refractivity (Wildman–Crippen MR) is 188 cm³/mol.